The number of ketones is 1. The van der Waals surface area contributed by atoms with E-state index in [0.717, 1.165) is 5.57 Å². The molecule has 5 fully saturated rings. The van der Waals surface area contributed by atoms with Gasteiger partial charge in [0.1, 0.15) is 41.7 Å². The molecule has 2 spiro atoms. The van der Waals surface area contributed by atoms with Gasteiger partial charge in [-0.3, -0.25) is 4.79 Å². The van der Waals surface area contributed by atoms with Crippen LogP contribution in [-0.4, -0.2) is 64.7 Å². The lowest BCUT2D eigenvalue weighted by atomic mass is 9.46. The second-order valence-corrected chi connectivity index (χ2v) is 9.91. The van der Waals surface area contributed by atoms with Gasteiger partial charge in [-0.2, -0.15) is 0 Å². The molecule has 2 saturated carbocycles. The fourth-order valence-electron chi connectivity index (χ4n) is 7.60. The molecule has 3 aliphatic carbocycles. The molecular formula is C20H22O7. The Kier molecular flexibility index (Phi) is 2.26. The first-order valence-corrected chi connectivity index (χ1v) is 9.90. The Bertz CT molecular complexity index is 893. The number of carbonyl (C=O) groups is 2. The van der Waals surface area contributed by atoms with Gasteiger partial charge in [-0.15, -0.1) is 0 Å². The molecule has 7 nitrogen and oxygen atoms in total. The Hall–Kier alpha value is -1.28. The molecule has 3 saturated heterocycles. The van der Waals surface area contributed by atoms with E-state index in [1.807, 2.05) is 0 Å². The summed E-state index contributed by atoms with van der Waals surface area (Å²) in [5, 5.41) is 11.4. The van der Waals surface area contributed by atoms with Crippen molar-refractivity contribution in [1.82, 2.24) is 0 Å². The largest absolute Gasteiger partial charge is 0.457 e. The lowest BCUT2D eigenvalue weighted by Crippen LogP contribution is -2.69. The summed E-state index contributed by atoms with van der Waals surface area (Å²) in [5.74, 6) is -0.534. The first-order chi connectivity index (χ1) is 12.8. The minimum absolute atomic E-state index is 0.0141. The van der Waals surface area contributed by atoms with Crippen LogP contribution in [0, 0.1) is 17.3 Å². The Morgan fingerprint density at radius 3 is 2.67 bits per heavy atom. The monoisotopic (exact) mass is 374 g/mol. The van der Waals surface area contributed by atoms with Gasteiger partial charge in [0.15, 0.2) is 11.4 Å². The smallest absolute Gasteiger partial charge is 0.342 e. The van der Waals surface area contributed by atoms with E-state index < -0.39 is 34.3 Å². The molecule has 4 aliphatic heterocycles. The molecule has 7 heteroatoms. The average molecular weight is 374 g/mol. The summed E-state index contributed by atoms with van der Waals surface area (Å²) in [6.45, 7) is 6.36. The maximum atomic E-state index is 12.9. The summed E-state index contributed by atoms with van der Waals surface area (Å²) in [7, 11) is 0. The Morgan fingerprint density at radius 1 is 1.15 bits per heavy atom. The predicted molar refractivity (Wildman–Crippen MR) is 87.5 cm³/mol. The highest BCUT2D eigenvalue weighted by Gasteiger charge is 3.00. The van der Waals surface area contributed by atoms with Crippen molar-refractivity contribution in [2.24, 2.45) is 17.3 Å². The van der Waals surface area contributed by atoms with Crippen molar-refractivity contribution in [1.29, 1.82) is 0 Å². The van der Waals surface area contributed by atoms with Crippen molar-refractivity contribution in [2.75, 3.05) is 6.61 Å². The quantitative estimate of drug-likeness (QED) is 0.400. The number of carbonyl (C=O) groups excluding carboxylic acids is 2. The van der Waals surface area contributed by atoms with Crippen molar-refractivity contribution >= 4 is 11.8 Å². The van der Waals surface area contributed by atoms with Crippen LogP contribution in [0.15, 0.2) is 11.1 Å². The maximum Gasteiger partial charge on any atom is 0.342 e. The summed E-state index contributed by atoms with van der Waals surface area (Å²) in [6, 6.07) is 0. The number of hydrogen-bond donors (Lipinski definition) is 1. The van der Waals surface area contributed by atoms with E-state index in [0.29, 0.717) is 6.42 Å². The zero-order chi connectivity index (χ0) is 18.7. The number of ether oxygens (including phenoxy) is 4. The minimum atomic E-state index is -0.804. The molecule has 0 aromatic carbocycles. The lowest BCUT2D eigenvalue weighted by molar-refractivity contribution is -0.138. The number of rotatable bonds is 1. The van der Waals surface area contributed by atoms with Gasteiger partial charge in [-0.05, 0) is 23.8 Å². The van der Waals surface area contributed by atoms with Crippen LogP contribution in [0.4, 0.5) is 0 Å². The molecule has 0 aromatic rings. The molecule has 27 heavy (non-hydrogen) atoms. The molecule has 0 bridgehead atoms. The molecule has 7 aliphatic rings. The molecule has 1 N–H and O–H groups in total. The van der Waals surface area contributed by atoms with E-state index in [-0.39, 0.29) is 54.5 Å². The van der Waals surface area contributed by atoms with Crippen molar-refractivity contribution in [3.05, 3.63) is 11.1 Å². The Morgan fingerprint density at radius 2 is 1.93 bits per heavy atom. The molecule has 144 valence electrons. The van der Waals surface area contributed by atoms with E-state index >= 15 is 0 Å². The Labute approximate surface area is 156 Å². The third-order valence-corrected chi connectivity index (χ3v) is 8.90. The highest BCUT2D eigenvalue weighted by molar-refractivity contribution is 6.20. The number of esters is 1. The van der Waals surface area contributed by atoms with Crippen LogP contribution in [0.25, 0.3) is 0 Å². The van der Waals surface area contributed by atoms with E-state index in [4.69, 9.17) is 18.9 Å². The van der Waals surface area contributed by atoms with Gasteiger partial charge in [0.25, 0.3) is 0 Å². The summed E-state index contributed by atoms with van der Waals surface area (Å²) in [6.07, 6.45) is -0.363. The fraction of sp³-hybridized carbons (Fsp3) is 0.800. The van der Waals surface area contributed by atoms with Crippen LogP contribution >= 0.6 is 0 Å². The zero-order valence-corrected chi connectivity index (χ0v) is 15.5. The summed E-state index contributed by atoms with van der Waals surface area (Å²) in [5.41, 5.74) is -1.63. The van der Waals surface area contributed by atoms with Crippen LogP contribution in [-0.2, 0) is 28.5 Å². The van der Waals surface area contributed by atoms with Crippen molar-refractivity contribution in [2.45, 2.75) is 74.8 Å². The SMILES string of the molecule is CC(C)[C@]12O[C@H]1[C@@H]1O[C@]13[C@]1(O[C@H]1C[C@H]1C4=C(C(=O)C[C@@]13C)C(=O)OC4)[C@@H]2O. The standard InChI is InChI=1S/C20H22O7/c1-7(2)18-13(26-18)14-20(27-14)17(3)5-10(21)12-8(6-24-15(12)22)9(17)4-11-19(20,25-11)16(18)23/h7,9,11,13-14,16,23H,4-6H2,1-3H3/t9-,11-,13-,14-,16+,17-,18-,19+,20+/m0/s1. The second-order valence-electron chi connectivity index (χ2n) is 9.91. The van der Waals surface area contributed by atoms with Crippen molar-refractivity contribution < 1.29 is 33.6 Å². The summed E-state index contributed by atoms with van der Waals surface area (Å²) >= 11 is 0. The van der Waals surface area contributed by atoms with Gasteiger partial charge in [0.05, 0.1) is 6.10 Å². The van der Waals surface area contributed by atoms with Gasteiger partial charge in [-0.25, -0.2) is 4.79 Å². The van der Waals surface area contributed by atoms with Crippen molar-refractivity contribution in [3.8, 4) is 0 Å². The van der Waals surface area contributed by atoms with E-state index in [2.05, 4.69) is 20.8 Å². The highest BCUT2D eigenvalue weighted by atomic mass is 16.7. The molecule has 0 unspecified atom stereocenters. The fourth-order valence-corrected chi connectivity index (χ4v) is 7.60. The van der Waals surface area contributed by atoms with Crippen LogP contribution in [0.1, 0.15) is 33.6 Å². The average Bonchev–Trinajstić information content (AvgIpc) is 3.48. The Balaban J connectivity index is 1.41. The number of aliphatic hydroxyl groups excluding tert-OH is 1. The number of Topliss-reactive ketones (excluding diaryl/α,β-unsaturated/α-hetero) is 1. The first kappa shape index (κ1) is 15.6. The van der Waals surface area contributed by atoms with Crippen LogP contribution in [0.3, 0.4) is 0 Å². The number of fused-ring (bicyclic) bond motifs is 4. The number of aliphatic hydroxyl groups is 1. The zero-order valence-electron chi connectivity index (χ0n) is 15.5. The molecule has 0 aromatic heterocycles. The van der Waals surface area contributed by atoms with Crippen LogP contribution in [0.2, 0.25) is 0 Å². The third kappa shape index (κ3) is 1.23. The third-order valence-electron chi connectivity index (χ3n) is 8.90. The number of cyclic esters (lactones) is 1. The number of hydrogen-bond acceptors (Lipinski definition) is 7. The van der Waals surface area contributed by atoms with Crippen LogP contribution in [0.5, 0.6) is 0 Å². The second kappa shape index (κ2) is 3.90. The van der Waals surface area contributed by atoms with Crippen LogP contribution < -0.4 is 0 Å². The molecule has 4 heterocycles. The molecule has 0 amide bonds. The van der Waals surface area contributed by atoms with Crippen molar-refractivity contribution in [3.63, 3.8) is 0 Å². The van der Waals surface area contributed by atoms with Gasteiger partial charge in [-0.1, -0.05) is 20.8 Å². The normalized spacial score (nSPS) is 61.3. The topological polar surface area (TPSA) is 101 Å². The maximum absolute atomic E-state index is 12.9. The van der Waals surface area contributed by atoms with Gasteiger partial charge < -0.3 is 24.1 Å². The number of epoxide rings is 3. The summed E-state index contributed by atoms with van der Waals surface area (Å²) in [4.78, 5) is 25.0. The molecular weight excluding hydrogens is 352 g/mol. The predicted octanol–water partition coefficient (Wildman–Crippen LogP) is 0.282. The highest BCUT2D eigenvalue weighted by Crippen LogP contribution is 2.82. The minimum Gasteiger partial charge on any atom is -0.457 e. The summed E-state index contributed by atoms with van der Waals surface area (Å²) < 4.78 is 23.9. The van der Waals surface area contributed by atoms with Gasteiger partial charge in [0.2, 0.25) is 0 Å². The first-order valence-electron chi connectivity index (χ1n) is 9.90. The molecule has 0 radical (unpaired) electrons. The molecule has 7 rings (SSSR count). The van der Waals surface area contributed by atoms with E-state index in [1.54, 1.807) is 0 Å². The van der Waals surface area contributed by atoms with E-state index in [9.17, 15) is 14.7 Å². The van der Waals surface area contributed by atoms with Gasteiger partial charge >= 0.3 is 5.97 Å². The molecule has 9 atom stereocenters. The lowest BCUT2D eigenvalue weighted by Gasteiger charge is -2.52. The van der Waals surface area contributed by atoms with Gasteiger partial charge in [0, 0.05) is 11.8 Å². The van der Waals surface area contributed by atoms with E-state index in [1.165, 1.54) is 0 Å².